The van der Waals surface area contributed by atoms with Gasteiger partial charge < -0.3 is 15.1 Å². The highest BCUT2D eigenvalue weighted by atomic mass is 19.1. The Labute approximate surface area is 170 Å². The molecule has 146 valence electrons. The molecule has 2 aromatic carbocycles. The molecule has 6 nitrogen and oxygen atoms in total. The van der Waals surface area contributed by atoms with Gasteiger partial charge >= 0.3 is 5.97 Å². The van der Waals surface area contributed by atoms with Crippen LogP contribution in [-0.2, 0) is 0 Å². The van der Waals surface area contributed by atoms with Gasteiger partial charge in [-0.3, -0.25) is 0 Å². The van der Waals surface area contributed by atoms with Gasteiger partial charge in [-0.25, -0.2) is 19.2 Å². The first-order chi connectivity index (χ1) is 14.6. The number of carbonyl (C=O) groups is 1. The van der Waals surface area contributed by atoms with E-state index in [1.165, 1.54) is 18.2 Å². The number of nitrogens with one attached hydrogen (secondary N) is 2. The first-order valence-corrected chi connectivity index (χ1v) is 9.23. The number of carboxylic acid groups (broad SMARTS) is 1. The van der Waals surface area contributed by atoms with Crippen LogP contribution in [0.25, 0.3) is 44.9 Å². The highest BCUT2D eigenvalue weighted by Crippen LogP contribution is 2.37. The van der Waals surface area contributed by atoms with Crippen LogP contribution in [0.5, 0.6) is 0 Å². The van der Waals surface area contributed by atoms with Crippen molar-refractivity contribution in [3.63, 3.8) is 0 Å². The summed E-state index contributed by atoms with van der Waals surface area (Å²) in [6.07, 6.45) is 3.44. The molecule has 3 aromatic heterocycles. The highest BCUT2D eigenvalue weighted by molar-refractivity contribution is 5.97. The van der Waals surface area contributed by atoms with E-state index in [2.05, 4.69) is 19.9 Å². The SMILES string of the molecule is O=C(O)c1cccc(-c2nc(-c3ccccc3)[nH]c2-c2ccnc3[nH]ccc23)c1F. The predicted molar refractivity (Wildman–Crippen MR) is 111 cm³/mol. The van der Waals surface area contributed by atoms with Gasteiger partial charge in [-0.1, -0.05) is 36.4 Å². The number of hydrogen-bond donors (Lipinski definition) is 3. The molecule has 0 aliphatic heterocycles. The predicted octanol–water partition coefficient (Wildman–Crippen LogP) is 5.12. The summed E-state index contributed by atoms with van der Waals surface area (Å²) in [5.41, 5.74) is 2.94. The Kier molecular flexibility index (Phi) is 4.14. The molecule has 5 aromatic rings. The van der Waals surface area contributed by atoms with Gasteiger partial charge in [0.25, 0.3) is 0 Å². The molecule has 0 bridgehead atoms. The maximum absolute atomic E-state index is 15.1. The van der Waals surface area contributed by atoms with Gasteiger partial charge in [0, 0.05) is 34.5 Å². The van der Waals surface area contributed by atoms with E-state index in [0.717, 1.165) is 16.5 Å². The minimum absolute atomic E-state index is 0.115. The number of benzene rings is 2. The van der Waals surface area contributed by atoms with Gasteiger partial charge in [-0.15, -0.1) is 0 Å². The maximum Gasteiger partial charge on any atom is 0.338 e. The molecule has 0 amide bonds. The van der Waals surface area contributed by atoms with Crippen LogP contribution in [0.2, 0.25) is 0 Å². The minimum atomic E-state index is -1.33. The molecule has 3 heterocycles. The zero-order valence-electron chi connectivity index (χ0n) is 15.6. The summed E-state index contributed by atoms with van der Waals surface area (Å²) in [4.78, 5) is 26.8. The van der Waals surface area contributed by atoms with E-state index in [1.54, 1.807) is 12.4 Å². The van der Waals surface area contributed by atoms with Crippen molar-refractivity contribution in [1.29, 1.82) is 0 Å². The largest absolute Gasteiger partial charge is 0.478 e. The van der Waals surface area contributed by atoms with E-state index < -0.39 is 17.3 Å². The Balaban J connectivity index is 1.81. The van der Waals surface area contributed by atoms with Crippen LogP contribution in [0, 0.1) is 5.82 Å². The van der Waals surface area contributed by atoms with Crippen molar-refractivity contribution in [1.82, 2.24) is 19.9 Å². The lowest BCUT2D eigenvalue weighted by Gasteiger charge is -2.07. The highest BCUT2D eigenvalue weighted by Gasteiger charge is 2.22. The topological polar surface area (TPSA) is 94.7 Å². The lowest BCUT2D eigenvalue weighted by molar-refractivity contribution is 0.0692. The summed E-state index contributed by atoms with van der Waals surface area (Å²) in [7, 11) is 0. The summed E-state index contributed by atoms with van der Waals surface area (Å²) in [5.74, 6) is -1.59. The quantitative estimate of drug-likeness (QED) is 0.391. The minimum Gasteiger partial charge on any atom is -0.478 e. The van der Waals surface area contributed by atoms with E-state index in [0.29, 0.717) is 22.9 Å². The van der Waals surface area contributed by atoms with Crippen LogP contribution in [0.3, 0.4) is 0 Å². The average Bonchev–Trinajstić information content (AvgIpc) is 3.41. The normalized spacial score (nSPS) is 11.1. The molecule has 0 fully saturated rings. The number of rotatable bonds is 4. The number of aromatic amines is 2. The second-order valence-electron chi connectivity index (χ2n) is 6.75. The van der Waals surface area contributed by atoms with Crippen LogP contribution < -0.4 is 0 Å². The molecule has 0 spiro atoms. The molecule has 7 heteroatoms. The molecular weight excluding hydrogens is 383 g/mol. The molecule has 30 heavy (non-hydrogen) atoms. The third-order valence-electron chi connectivity index (χ3n) is 4.96. The summed E-state index contributed by atoms with van der Waals surface area (Å²) in [6.45, 7) is 0. The Hall–Kier alpha value is -4.26. The number of carboxylic acids is 1. The van der Waals surface area contributed by atoms with Gasteiger partial charge in [-0.05, 0) is 24.3 Å². The van der Waals surface area contributed by atoms with Crippen LogP contribution in [-0.4, -0.2) is 31.0 Å². The fraction of sp³-hybridized carbons (Fsp3) is 0. The van der Waals surface area contributed by atoms with Gasteiger partial charge in [0.15, 0.2) is 0 Å². The van der Waals surface area contributed by atoms with E-state index in [4.69, 9.17) is 0 Å². The fourth-order valence-electron chi connectivity index (χ4n) is 3.55. The molecule has 0 atom stereocenters. The lowest BCUT2D eigenvalue weighted by atomic mass is 10.0. The maximum atomic E-state index is 15.1. The van der Waals surface area contributed by atoms with Crippen molar-refractivity contribution in [3.05, 3.63) is 84.4 Å². The molecule has 3 N–H and O–H groups in total. The Morgan fingerprint density at radius 1 is 0.967 bits per heavy atom. The molecule has 0 aliphatic rings. The van der Waals surface area contributed by atoms with Crippen molar-refractivity contribution in [2.24, 2.45) is 0 Å². The van der Waals surface area contributed by atoms with Crippen molar-refractivity contribution in [3.8, 4) is 33.9 Å². The number of pyridine rings is 1. The lowest BCUT2D eigenvalue weighted by Crippen LogP contribution is -2.02. The molecule has 0 saturated carbocycles. The van der Waals surface area contributed by atoms with Crippen LogP contribution in [0.1, 0.15) is 10.4 Å². The first-order valence-electron chi connectivity index (χ1n) is 9.23. The second kappa shape index (κ2) is 6.97. The van der Waals surface area contributed by atoms with E-state index in [9.17, 15) is 9.90 Å². The third-order valence-corrected chi connectivity index (χ3v) is 4.96. The number of halogens is 1. The summed E-state index contributed by atoms with van der Waals surface area (Å²) >= 11 is 0. The number of hydrogen-bond acceptors (Lipinski definition) is 3. The fourth-order valence-corrected chi connectivity index (χ4v) is 3.55. The van der Waals surface area contributed by atoms with Crippen molar-refractivity contribution < 1.29 is 14.3 Å². The smallest absolute Gasteiger partial charge is 0.338 e. The summed E-state index contributed by atoms with van der Waals surface area (Å²) in [6, 6.07) is 17.5. The van der Waals surface area contributed by atoms with E-state index in [1.807, 2.05) is 42.5 Å². The number of nitrogens with zero attached hydrogens (tertiary/aromatic N) is 2. The van der Waals surface area contributed by atoms with Crippen molar-refractivity contribution in [2.75, 3.05) is 0 Å². The van der Waals surface area contributed by atoms with Crippen LogP contribution in [0.15, 0.2) is 73.1 Å². The monoisotopic (exact) mass is 398 g/mol. The Morgan fingerprint density at radius 3 is 2.60 bits per heavy atom. The number of imidazole rings is 1. The molecule has 0 saturated heterocycles. The van der Waals surface area contributed by atoms with Gasteiger partial charge in [0.1, 0.15) is 17.3 Å². The van der Waals surface area contributed by atoms with Crippen molar-refractivity contribution >= 4 is 17.0 Å². The number of aromatic nitrogens is 4. The summed E-state index contributed by atoms with van der Waals surface area (Å²) < 4.78 is 15.1. The molecule has 0 radical (unpaired) electrons. The van der Waals surface area contributed by atoms with Gasteiger partial charge in [0.05, 0.1) is 17.0 Å². The number of H-pyrrole nitrogens is 2. The molecular formula is C23H15FN4O2. The van der Waals surface area contributed by atoms with Gasteiger partial charge in [0.2, 0.25) is 0 Å². The standard InChI is InChI=1S/C23H15FN4O2/c24-18-16(7-4-8-17(18)23(29)30)20-19(14-9-11-25-22-15(14)10-12-26-22)27-21(28-20)13-5-2-1-3-6-13/h1-12H,(H,25,26)(H,27,28)(H,29,30). The second-order valence-corrected chi connectivity index (χ2v) is 6.75. The van der Waals surface area contributed by atoms with E-state index in [-0.39, 0.29) is 5.56 Å². The van der Waals surface area contributed by atoms with Gasteiger partial charge in [-0.2, -0.15) is 0 Å². The molecule has 0 unspecified atom stereocenters. The third kappa shape index (κ3) is 2.84. The first kappa shape index (κ1) is 17.8. The number of fused-ring (bicyclic) bond motifs is 1. The van der Waals surface area contributed by atoms with Crippen LogP contribution in [0.4, 0.5) is 4.39 Å². The van der Waals surface area contributed by atoms with E-state index >= 15 is 4.39 Å². The summed E-state index contributed by atoms with van der Waals surface area (Å²) in [5, 5.41) is 10.2. The van der Waals surface area contributed by atoms with Crippen molar-refractivity contribution in [2.45, 2.75) is 0 Å². The Morgan fingerprint density at radius 2 is 1.80 bits per heavy atom. The zero-order valence-corrected chi connectivity index (χ0v) is 15.6. The van der Waals surface area contributed by atoms with Crippen LogP contribution >= 0.6 is 0 Å². The zero-order chi connectivity index (χ0) is 20.7. The number of aromatic carboxylic acids is 1. The molecule has 5 rings (SSSR count). The molecule has 0 aliphatic carbocycles. The Bertz CT molecular complexity index is 1390. The average molecular weight is 398 g/mol.